The first-order chi connectivity index (χ1) is 11.9. The van der Waals surface area contributed by atoms with Crippen LogP contribution in [-0.2, 0) is 19.2 Å². The predicted octanol–water partition coefficient (Wildman–Crippen LogP) is 0.740. The largest absolute Gasteiger partial charge is 0.489 e. The number of nitrogens with zero attached hydrogens (tertiary/aromatic N) is 1. The van der Waals surface area contributed by atoms with Gasteiger partial charge in [-0.1, -0.05) is 0 Å². The molecule has 1 fully saturated rings. The number of benzene rings is 1. The summed E-state index contributed by atoms with van der Waals surface area (Å²) in [5.74, 6) is -3.19. The van der Waals surface area contributed by atoms with E-state index in [1.54, 1.807) is 0 Å². The van der Waals surface area contributed by atoms with Gasteiger partial charge in [0, 0.05) is 18.9 Å². The third kappa shape index (κ3) is 4.50. The van der Waals surface area contributed by atoms with Crippen LogP contribution in [0.4, 0.5) is 0 Å². The molecule has 2 rings (SSSR count). The maximum Gasteiger partial charge on any atom is 0.363 e. The molecule has 1 aromatic carbocycles. The van der Waals surface area contributed by atoms with E-state index in [1.807, 2.05) is 0 Å². The Bertz CT molecular complexity index is 751. The van der Waals surface area contributed by atoms with Gasteiger partial charge in [-0.25, -0.2) is 9.59 Å². The molecule has 0 spiro atoms. The second-order valence-corrected chi connectivity index (χ2v) is 4.88. The molecule has 9 heteroatoms. The molecule has 1 saturated heterocycles. The highest BCUT2D eigenvalue weighted by molar-refractivity contribution is 6.03. The number of hydroxylamine groups is 2. The number of carbonyl (C=O) groups excluding carboxylic acids is 4. The van der Waals surface area contributed by atoms with Crippen LogP contribution in [0.2, 0.25) is 0 Å². The highest BCUT2D eigenvalue weighted by atomic mass is 16.7. The predicted molar refractivity (Wildman–Crippen MR) is 80.6 cm³/mol. The lowest BCUT2D eigenvalue weighted by Crippen LogP contribution is -2.32. The van der Waals surface area contributed by atoms with Crippen molar-refractivity contribution in [1.82, 2.24) is 5.06 Å². The van der Waals surface area contributed by atoms with Gasteiger partial charge in [0.1, 0.15) is 12.4 Å². The zero-order valence-corrected chi connectivity index (χ0v) is 12.8. The van der Waals surface area contributed by atoms with Gasteiger partial charge in [0.2, 0.25) is 0 Å². The van der Waals surface area contributed by atoms with Gasteiger partial charge in [0.15, 0.2) is 6.29 Å². The Morgan fingerprint density at radius 1 is 1.20 bits per heavy atom. The molecule has 0 unspecified atom stereocenters. The van der Waals surface area contributed by atoms with E-state index < -0.39 is 23.8 Å². The first-order valence-corrected chi connectivity index (χ1v) is 7.12. The Hall–Kier alpha value is -3.49. The normalized spacial score (nSPS) is 14.0. The molecule has 0 atom stereocenters. The van der Waals surface area contributed by atoms with Crippen LogP contribution >= 0.6 is 0 Å². The quantitative estimate of drug-likeness (QED) is 0.434. The minimum absolute atomic E-state index is 0.0252. The van der Waals surface area contributed by atoms with Gasteiger partial charge in [-0.05, 0) is 24.3 Å². The fraction of sp³-hybridized carbons (Fsp3) is 0.188. The Balaban J connectivity index is 2.08. The second-order valence-electron chi connectivity index (χ2n) is 4.88. The van der Waals surface area contributed by atoms with E-state index >= 15 is 0 Å². The van der Waals surface area contributed by atoms with Crippen LogP contribution in [0, 0.1) is 0 Å². The molecule has 130 valence electrons. The highest BCUT2D eigenvalue weighted by Gasteiger charge is 2.33. The number of ether oxygens (including phenoxy) is 1. The SMILES string of the molecule is O=Cc1cc(C(=O)ON2C(=O)CCC2=O)ccc1OC/C=C/C(=O)O. The number of carbonyl (C=O) groups is 5. The van der Waals surface area contributed by atoms with Gasteiger partial charge in [-0.15, -0.1) is 5.06 Å². The summed E-state index contributed by atoms with van der Waals surface area (Å²) < 4.78 is 5.23. The van der Waals surface area contributed by atoms with Crippen molar-refractivity contribution >= 4 is 30.0 Å². The summed E-state index contributed by atoms with van der Waals surface area (Å²) in [6.07, 6.45) is 2.52. The summed E-state index contributed by atoms with van der Waals surface area (Å²) in [4.78, 5) is 61.1. The Morgan fingerprint density at radius 3 is 2.48 bits per heavy atom. The molecule has 0 radical (unpaired) electrons. The number of aldehydes is 1. The van der Waals surface area contributed by atoms with E-state index in [1.165, 1.54) is 24.3 Å². The number of carboxylic acid groups (broad SMARTS) is 1. The van der Waals surface area contributed by atoms with Crippen molar-refractivity contribution in [3.63, 3.8) is 0 Å². The molecule has 1 aromatic rings. The molecule has 9 nitrogen and oxygen atoms in total. The molecular formula is C16H13NO8. The summed E-state index contributed by atoms with van der Waals surface area (Å²) in [5, 5.41) is 8.87. The van der Waals surface area contributed by atoms with E-state index in [0.29, 0.717) is 11.3 Å². The van der Waals surface area contributed by atoms with Crippen molar-refractivity contribution in [2.24, 2.45) is 0 Å². The van der Waals surface area contributed by atoms with Crippen LogP contribution < -0.4 is 4.74 Å². The van der Waals surface area contributed by atoms with Gasteiger partial charge in [-0.2, -0.15) is 0 Å². The van der Waals surface area contributed by atoms with Gasteiger partial charge in [0.05, 0.1) is 11.1 Å². The first-order valence-electron chi connectivity index (χ1n) is 7.12. The molecule has 1 aliphatic rings. The molecule has 0 aliphatic carbocycles. The molecule has 1 aliphatic heterocycles. The number of hydrogen-bond acceptors (Lipinski definition) is 7. The lowest BCUT2D eigenvalue weighted by Gasteiger charge is -2.13. The van der Waals surface area contributed by atoms with Crippen LogP contribution in [0.15, 0.2) is 30.4 Å². The molecule has 1 N–H and O–H groups in total. The molecule has 0 bridgehead atoms. The lowest BCUT2D eigenvalue weighted by molar-refractivity contribution is -0.172. The number of carboxylic acids is 1. The van der Waals surface area contributed by atoms with Gasteiger partial charge >= 0.3 is 11.9 Å². The molecule has 0 saturated carbocycles. The fourth-order valence-corrected chi connectivity index (χ4v) is 1.98. The average Bonchev–Trinajstić information content (AvgIpc) is 2.90. The topological polar surface area (TPSA) is 127 Å². The van der Waals surface area contributed by atoms with Gasteiger partial charge in [-0.3, -0.25) is 14.4 Å². The maximum absolute atomic E-state index is 12.0. The fourth-order valence-electron chi connectivity index (χ4n) is 1.98. The van der Waals surface area contributed by atoms with Crippen molar-refractivity contribution in [3.8, 4) is 5.75 Å². The van der Waals surface area contributed by atoms with E-state index in [-0.39, 0.29) is 36.3 Å². The van der Waals surface area contributed by atoms with Gasteiger partial charge < -0.3 is 14.7 Å². The van der Waals surface area contributed by atoms with Crippen LogP contribution in [0.3, 0.4) is 0 Å². The number of aliphatic carboxylic acids is 1. The molecule has 2 amide bonds. The number of amides is 2. The summed E-state index contributed by atoms with van der Waals surface area (Å²) in [6.45, 7) is -0.0896. The minimum atomic E-state index is -1.14. The zero-order valence-electron chi connectivity index (χ0n) is 12.8. The van der Waals surface area contributed by atoms with E-state index in [0.717, 1.165) is 6.08 Å². The Labute approximate surface area is 141 Å². The summed E-state index contributed by atoms with van der Waals surface area (Å²) >= 11 is 0. The van der Waals surface area contributed by atoms with Crippen LogP contribution in [-0.4, -0.2) is 46.8 Å². The first kappa shape index (κ1) is 17.9. The summed E-state index contributed by atoms with van der Waals surface area (Å²) in [5.41, 5.74) is -0.0275. The second kappa shape index (κ2) is 7.86. The molecule has 1 heterocycles. The standard InChI is InChI=1S/C16H13NO8/c18-9-11-8-10(3-4-12(11)24-7-1-2-15(21)22)16(23)25-17-13(19)5-6-14(17)20/h1-4,8-9H,5-7H2,(H,21,22)/b2-1+. The lowest BCUT2D eigenvalue weighted by atomic mass is 10.1. The molecule has 25 heavy (non-hydrogen) atoms. The van der Waals surface area contributed by atoms with Crippen LogP contribution in [0.1, 0.15) is 33.6 Å². The zero-order chi connectivity index (χ0) is 18.4. The van der Waals surface area contributed by atoms with Crippen molar-refractivity contribution < 1.29 is 38.7 Å². The van der Waals surface area contributed by atoms with Crippen molar-refractivity contribution in [3.05, 3.63) is 41.5 Å². The number of imide groups is 1. The van der Waals surface area contributed by atoms with E-state index in [4.69, 9.17) is 14.7 Å². The average molecular weight is 347 g/mol. The smallest absolute Gasteiger partial charge is 0.363 e. The maximum atomic E-state index is 12.0. The van der Waals surface area contributed by atoms with Gasteiger partial charge in [0.25, 0.3) is 11.8 Å². The highest BCUT2D eigenvalue weighted by Crippen LogP contribution is 2.20. The molecular weight excluding hydrogens is 334 g/mol. The van der Waals surface area contributed by atoms with Crippen LogP contribution in [0.25, 0.3) is 0 Å². The van der Waals surface area contributed by atoms with Crippen molar-refractivity contribution in [1.29, 1.82) is 0 Å². The third-order valence-electron chi connectivity index (χ3n) is 3.15. The third-order valence-corrected chi connectivity index (χ3v) is 3.15. The number of rotatable bonds is 7. The van der Waals surface area contributed by atoms with Crippen molar-refractivity contribution in [2.45, 2.75) is 12.8 Å². The van der Waals surface area contributed by atoms with E-state index in [9.17, 15) is 24.0 Å². The minimum Gasteiger partial charge on any atom is -0.489 e. The Kier molecular flexibility index (Phi) is 5.62. The van der Waals surface area contributed by atoms with Crippen molar-refractivity contribution in [2.75, 3.05) is 6.61 Å². The van der Waals surface area contributed by atoms with Crippen LogP contribution in [0.5, 0.6) is 5.75 Å². The summed E-state index contributed by atoms with van der Waals surface area (Å²) in [7, 11) is 0. The Morgan fingerprint density at radius 2 is 1.88 bits per heavy atom. The summed E-state index contributed by atoms with van der Waals surface area (Å²) in [6, 6.07) is 3.79. The number of hydrogen-bond donors (Lipinski definition) is 1. The monoisotopic (exact) mass is 347 g/mol. The molecule has 0 aromatic heterocycles. The van der Waals surface area contributed by atoms with E-state index in [2.05, 4.69) is 0 Å².